The third kappa shape index (κ3) is 5.22. The van der Waals surface area contributed by atoms with Crippen LogP contribution < -0.4 is 5.32 Å². The van der Waals surface area contributed by atoms with Gasteiger partial charge in [-0.05, 0) is 30.3 Å². The van der Waals surface area contributed by atoms with Crippen molar-refractivity contribution in [2.45, 2.75) is 5.03 Å². The lowest BCUT2D eigenvalue weighted by Crippen LogP contribution is -2.17. The fourth-order valence-corrected chi connectivity index (χ4v) is 3.51. The van der Waals surface area contributed by atoms with Gasteiger partial charge < -0.3 is 10.4 Å². The number of nitrogens with zero attached hydrogens (tertiary/aromatic N) is 1. The number of aromatic carboxylic acids is 1. The molecule has 146 valence electrons. The number of thioether (sulfide) groups is 1. The summed E-state index contributed by atoms with van der Waals surface area (Å²) in [4.78, 5) is 40.5. The van der Waals surface area contributed by atoms with Crippen molar-refractivity contribution in [2.24, 2.45) is 0 Å². The van der Waals surface area contributed by atoms with Crippen LogP contribution in [-0.2, 0) is 4.79 Å². The predicted molar refractivity (Wildman–Crippen MR) is 112 cm³/mol. The van der Waals surface area contributed by atoms with Gasteiger partial charge in [-0.3, -0.25) is 9.59 Å². The Morgan fingerprint density at radius 1 is 1.00 bits per heavy atom. The van der Waals surface area contributed by atoms with E-state index in [0.29, 0.717) is 16.3 Å². The molecule has 0 atom stereocenters. The van der Waals surface area contributed by atoms with E-state index in [2.05, 4.69) is 10.3 Å². The molecule has 0 unspecified atom stereocenters. The topological polar surface area (TPSA) is 96.4 Å². The van der Waals surface area contributed by atoms with Gasteiger partial charge in [0.05, 0.1) is 17.0 Å². The Kier molecular flexibility index (Phi) is 6.64. The minimum absolute atomic E-state index is 0.0248. The molecule has 1 heterocycles. The molecule has 8 heteroatoms. The third-order valence-electron chi connectivity index (χ3n) is 3.88. The quantitative estimate of drug-likeness (QED) is 0.429. The Hall–Kier alpha value is -3.16. The van der Waals surface area contributed by atoms with Gasteiger partial charge in [0, 0.05) is 22.3 Å². The van der Waals surface area contributed by atoms with Crippen LogP contribution in [0.25, 0.3) is 0 Å². The number of hydrogen-bond donors (Lipinski definition) is 2. The maximum Gasteiger partial charge on any atom is 0.338 e. The Bertz CT molecular complexity index is 1070. The molecular weight excluding hydrogens is 412 g/mol. The van der Waals surface area contributed by atoms with Gasteiger partial charge in [-0.15, -0.1) is 0 Å². The number of anilines is 1. The van der Waals surface area contributed by atoms with Crippen LogP contribution in [0.3, 0.4) is 0 Å². The smallest absolute Gasteiger partial charge is 0.338 e. The lowest BCUT2D eigenvalue weighted by Gasteiger charge is -2.11. The summed E-state index contributed by atoms with van der Waals surface area (Å²) in [6.45, 7) is 0. The number of carbonyl (C=O) groups is 3. The summed E-state index contributed by atoms with van der Waals surface area (Å²) in [5, 5.41) is 12.5. The van der Waals surface area contributed by atoms with Crippen molar-refractivity contribution >= 4 is 46.7 Å². The average molecular weight is 427 g/mol. The van der Waals surface area contributed by atoms with Crippen LogP contribution in [0.15, 0.2) is 71.9 Å². The van der Waals surface area contributed by atoms with E-state index in [0.717, 1.165) is 11.8 Å². The van der Waals surface area contributed by atoms with Crippen LogP contribution in [0.1, 0.15) is 26.3 Å². The molecule has 6 nitrogen and oxygen atoms in total. The van der Waals surface area contributed by atoms with Gasteiger partial charge in [0.15, 0.2) is 5.78 Å². The molecular formula is C21H15ClN2O4S. The standard InChI is InChI=1S/C21H15ClN2O4S/c22-14-8-9-17(16(11-14)19(26)13-5-2-1-3-6-13)24-18(25)12-29-20-15(21(27)28)7-4-10-23-20/h1-11H,12H2,(H,24,25)(H,27,28). The molecule has 3 rings (SSSR count). The first-order chi connectivity index (χ1) is 14.0. The number of carbonyl (C=O) groups excluding carboxylic acids is 2. The van der Waals surface area contributed by atoms with E-state index in [-0.39, 0.29) is 27.7 Å². The number of aromatic nitrogens is 1. The predicted octanol–water partition coefficient (Wildman–Crippen LogP) is 4.40. The van der Waals surface area contributed by atoms with E-state index in [1.165, 1.54) is 24.4 Å². The summed E-state index contributed by atoms with van der Waals surface area (Å²) < 4.78 is 0. The molecule has 1 amide bonds. The second-order valence-corrected chi connectivity index (χ2v) is 7.28. The minimum Gasteiger partial charge on any atom is -0.478 e. The molecule has 0 bridgehead atoms. The number of nitrogens with one attached hydrogen (secondary N) is 1. The van der Waals surface area contributed by atoms with Crippen molar-refractivity contribution < 1.29 is 19.5 Å². The normalized spacial score (nSPS) is 10.4. The number of pyridine rings is 1. The van der Waals surface area contributed by atoms with Gasteiger partial charge in [-0.25, -0.2) is 9.78 Å². The van der Waals surface area contributed by atoms with Gasteiger partial charge in [0.2, 0.25) is 5.91 Å². The maximum atomic E-state index is 12.8. The molecule has 2 N–H and O–H groups in total. The van der Waals surface area contributed by atoms with Gasteiger partial charge in [-0.1, -0.05) is 53.7 Å². The van der Waals surface area contributed by atoms with Gasteiger partial charge in [-0.2, -0.15) is 0 Å². The highest BCUT2D eigenvalue weighted by Crippen LogP contribution is 2.25. The summed E-state index contributed by atoms with van der Waals surface area (Å²) in [5.74, 6) is -1.86. The Morgan fingerprint density at radius 2 is 1.76 bits per heavy atom. The van der Waals surface area contributed by atoms with E-state index >= 15 is 0 Å². The van der Waals surface area contributed by atoms with Gasteiger partial charge in [0.25, 0.3) is 0 Å². The van der Waals surface area contributed by atoms with E-state index in [1.54, 1.807) is 42.5 Å². The van der Waals surface area contributed by atoms with Crippen molar-refractivity contribution in [3.63, 3.8) is 0 Å². The summed E-state index contributed by atoms with van der Waals surface area (Å²) in [5.41, 5.74) is 1.09. The zero-order valence-electron chi connectivity index (χ0n) is 15.0. The van der Waals surface area contributed by atoms with E-state index < -0.39 is 11.9 Å². The zero-order chi connectivity index (χ0) is 20.8. The fourth-order valence-electron chi connectivity index (χ4n) is 2.55. The largest absolute Gasteiger partial charge is 0.478 e. The van der Waals surface area contributed by atoms with Crippen LogP contribution in [0, 0.1) is 0 Å². The summed E-state index contributed by atoms with van der Waals surface area (Å²) >= 11 is 7.04. The number of benzene rings is 2. The number of rotatable bonds is 7. The number of halogens is 1. The van der Waals surface area contributed by atoms with Crippen molar-refractivity contribution in [1.82, 2.24) is 4.98 Å². The molecule has 0 aliphatic heterocycles. The van der Waals surface area contributed by atoms with Crippen molar-refractivity contribution in [2.75, 3.05) is 11.1 Å². The van der Waals surface area contributed by atoms with E-state index in [4.69, 9.17) is 11.6 Å². The van der Waals surface area contributed by atoms with Gasteiger partial charge >= 0.3 is 5.97 Å². The Labute approximate surface area is 175 Å². The van der Waals surface area contributed by atoms with E-state index in [9.17, 15) is 19.5 Å². The highest BCUT2D eigenvalue weighted by atomic mass is 35.5. The molecule has 3 aromatic rings. The molecule has 0 saturated heterocycles. The lowest BCUT2D eigenvalue weighted by atomic mass is 10.0. The molecule has 0 aliphatic carbocycles. The lowest BCUT2D eigenvalue weighted by molar-refractivity contribution is -0.113. The monoisotopic (exact) mass is 426 g/mol. The minimum atomic E-state index is -1.12. The summed E-state index contributed by atoms with van der Waals surface area (Å²) in [6.07, 6.45) is 1.46. The second-order valence-electron chi connectivity index (χ2n) is 5.88. The second kappa shape index (κ2) is 9.36. The number of carboxylic acid groups (broad SMARTS) is 1. The number of ketones is 1. The molecule has 1 aromatic heterocycles. The molecule has 0 spiro atoms. The highest BCUT2D eigenvalue weighted by Gasteiger charge is 2.17. The SMILES string of the molecule is O=C(CSc1ncccc1C(=O)O)Nc1ccc(Cl)cc1C(=O)c1ccccc1. The fraction of sp³-hybridized carbons (Fsp3) is 0.0476. The summed E-state index contributed by atoms with van der Waals surface area (Å²) in [7, 11) is 0. The van der Waals surface area contributed by atoms with Crippen LogP contribution in [0.5, 0.6) is 0 Å². The zero-order valence-corrected chi connectivity index (χ0v) is 16.5. The third-order valence-corrected chi connectivity index (χ3v) is 5.12. The first kappa shape index (κ1) is 20.6. The Balaban J connectivity index is 1.76. The van der Waals surface area contributed by atoms with Gasteiger partial charge in [0.1, 0.15) is 5.03 Å². The molecule has 2 aromatic carbocycles. The maximum absolute atomic E-state index is 12.8. The number of hydrogen-bond acceptors (Lipinski definition) is 5. The molecule has 0 radical (unpaired) electrons. The first-order valence-electron chi connectivity index (χ1n) is 8.46. The first-order valence-corrected chi connectivity index (χ1v) is 9.82. The highest BCUT2D eigenvalue weighted by molar-refractivity contribution is 8.00. The Morgan fingerprint density at radius 3 is 2.48 bits per heavy atom. The average Bonchev–Trinajstić information content (AvgIpc) is 2.73. The molecule has 29 heavy (non-hydrogen) atoms. The van der Waals surface area contributed by atoms with Crippen LogP contribution in [0.2, 0.25) is 5.02 Å². The number of amides is 1. The van der Waals surface area contributed by atoms with Crippen molar-refractivity contribution in [3.05, 3.63) is 88.6 Å². The summed E-state index contributed by atoms with van der Waals surface area (Å²) in [6, 6.07) is 16.2. The van der Waals surface area contributed by atoms with E-state index in [1.807, 2.05) is 0 Å². The molecule has 0 fully saturated rings. The molecule has 0 aliphatic rings. The van der Waals surface area contributed by atoms with Crippen LogP contribution >= 0.6 is 23.4 Å². The van der Waals surface area contributed by atoms with Crippen LogP contribution in [-0.4, -0.2) is 33.5 Å². The van der Waals surface area contributed by atoms with Crippen molar-refractivity contribution in [3.8, 4) is 0 Å². The number of carboxylic acids is 1. The van der Waals surface area contributed by atoms with Crippen LogP contribution in [0.4, 0.5) is 5.69 Å². The molecule has 0 saturated carbocycles. The van der Waals surface area contributed by atoms with Crippen molar-refractivity contribution in [1.29, 1.82) is 0 Å².